The fourth-order valence-electron chi connectivity index (χ4n) is 2.93. The lowest BCUT2D eigenvalue weighted by Crippen LogP contribution is -2.49. The average molecular weight is 316 g/mol. The van der Waals surface area contributed by atoms with Crippen LogP contribution in [0.25, 0.3) is 0 Å². The van der Waals surface area contributed by atoms with Gasteiger partial charge in [-0.1, -0.05) is 24.3 Å². The lowest BCUT2D eigenvalue weighted by atomic mass is 10.1. The Morgan fingerprint density at radius 1 is 0.913 bits per heavy atom. The maximum absolute atomic E-state index is 13.8. The number of aryl methyl sites for hydroxylation is 1. The highest BCUT2D eigenvalue weighted by Gasteiger charge is 2.26. The molecule has 1 fully saturated rings. The summed E-state index contributed by atoms with van der Waals surface area (Å²) in [6.07, 6.45) is 0. The van der Waals surface area contributed by atoms with E-state index in [-0.39, 0.29) is 0 Å². The van der Waals surface area contributed by atoms with E-state index in [4.69, 9.17) is 0 Å². The van der Waals surface area contributed by atoms with E-state index in [1.807, 2.05) is 31.2 Å². The quantitative estimate of drug-likeness (QED) is 0.849. The Bertz CT molecular complexity index is 704. The van der Waals surface area contributed by atoms with E-state index >= 15 is 0 Å². The molecule has 120 valence electrons. The fourth-order valence-corrected chi connectivity index (χ4v) is 2.93. The van der Waals surface area contributed by atoms with E-state index in [0.717, 1.165) is 17.8 Å². The van der Waals surface area contributed by atoms with Gasteiger partial charge in [0.1, 0.15) is 17.2 Å². The van der Waals surface area contributed by atoms with Gasteiger partial charge in [-0.3, -0.25) is 4.79 Å². The highest BCUT2D eigenvalue weighted by atomic mass is 19.1. The molecule has 0 bridgehead atoms. The zero-order valence-corrected chi connectivity index (χ0v) is 12.9. The number of carbonyl (C=O) groups is 1. The number of carbonyl (C=O) groups excluding carboxylic acids is 1. The van der Waals surface area contributed by atoms with Crippen LogP contribution in [0, 0.1) is 18.6 Å². The molecule has 1 aliphatic heterocycles. The van der Waals surface area contributed by atoms with Crippen LogP contribution >= 0.6 is 0 Å². The maximum atomic E-state index is 13.8. The molecule has 1 saturated heterocycles. The lowest BCUT2D eigenvalue weighted by Gasteiger charge is -2.36. The Morgan fingerprint density at radius 3 is 2.13 bits per heavy atom. The summed E-state index contributed by atoms with van der Waals surface area (Å²) in [5.74, 6) is -2.20. The summed E-state index contributed by atoms with van der Waals surface area (Å²) in [6.45, 7) is 4.22. The van der Waals surface area contributed by atoms with Crippen molar-refractivity contribution >= 4 is 11.6 Å². The van der Waals surface area contributed by atoms with E-state index < -0.39 is 23.1 Å². The number of halogens is 2. The summed E-state index contributed by atoms with van der Waals surface area (Å²) in [5, 5.41) is 0. The second-order valence-electron chi connectivity index (χ2n) is 5.66. The molecule has 0 aromatic heterocycles. The fraction of sp³-hybridized carbons (Fsp3) is 0.278. The van der Waals surface area contributed by atoms with Crippen LogP contribution in [0.15, 0.2) is 42.5 Å². The molecule has 1 aliphatic rings. The van der Waals surface area contributed by atoms with E-state index in [1.54, 1.807) is 0 Å². The van der Waals surface area contributed by atoms with Gasteiger partial charge in [0.15, 0.2) is 0 Å². The van der Waals surface area contributed by atoms with Gasteiger partial charge in [-0.25, -0.2) is 8.78 Å². The first-order valence-electron chi connectivity index (χ1n) is 7.62. The normalized spacial score (nSPS) is 14.9. The number of hydrogen-bond acceptors (Lipinski definition) is 2. The van der Waals surface area contributed by atoms with Gasteiger partial charge in [0.05, 0.1) is 0 Å². The smallest absolute Gasteiger partial charge is 0.259 e. The summed E-state index contributed by atoms with van der Waals surface area (Å²) in [6, 6.07) is 11.5. The second-order valence-corrected chi connectivity index (χ2v) is 5.66. The minimum Gasteiger partial charge on any atom is -0.368 e. The van der Waals surface area contributed by atoms with E-state index in [2.05, 4.69) is 4.90 Å². The Hall–Kier alpha value is -2.43. The minimum atomic E-state index is -0.809. The Kier molecular flexibility index (Phi) is 4.28. The van der Waals surface area contributed by atoms with Crippen molar-refractivity contribution in [3.63, 3.8) is 0 Å². The molecule has 0 atom stereocenters. The maximum Gasteiger partial charge on any atom is 0.259 e. The van der Waals surface area contributed by atoms with Crippen LogP contribution < -0.4 is 4.90 Å². The van der Waals surface area contributed by atoms with Gasteiger partial charge < -0.3 is 9.80 Å². The Balaban J connectivity index is 1.72. The molecule has 1 heterocycles. The largest absolute Gasteiger partial charge is 0.368 e. The third-order valence-corrected chi connectivity index (χ3v) is 4.20. The van der Waals surface area contributed by atoms with Gasteiger partial charge in [-0.2, -0.15) is 0 Å². The Labute approximate surface area is 134 Å². The molecule has 0 radical (unpaired) electrons. The van der Waals surface area contributed by atoms with Crippen LogP contribution in [0.2, 0.25) is 0 Å². The first kappa shape index (κ1) is 15.5. The molecular formula is C18H18F2N2O. The zero-order chi connectivity index (χ0) is 16.4. The lowest BCUT2D eigenvalue weighted by molar-refractivity contribution is 0.0737. The molecule has 0 spiro atoms. The summed E-state index contributed by atoms with van der Waals surface area (Å²) in [5.41, 5.74) is 1.85. The molecule has 0 N–H and O–H groups in total. The monoisotopic (exact) mass is 316 g/mol. The van der Waals surface area contributed by atoms with Gasteiger partial charge in [-0.05, 0) is 30.7 Å². The molecule has 5 heteroatoms. The van der Waals surface area contributed by atoms with Crippen LogP contribution in [0.5, 0.6) is 0 Å². The SMILES string of the molecule is Cc1ccccc1N1CCN(C(=O)c2c(F)cccc2F)CC1. The third kappa shape index (κ3) is 3.04. The van der Waals surface area contributed by atoms with Gasteiger partial charge in [0.25, 0.3) is 5.91 Å². The van der Waals surface area contributed by atoms with Crippen molar-refractivity contribution in [1.82, 2.24) is 4.90 Å². The zero-order valence-electron chi connectivity index (χ0n) is 12.9. The first-order valence-corrected chi connectivity index (χ1v) is 7.62. The number of anilines is 1. The number of piperazine rings is 1. The number of para-hydroxylation sites is 1. The number of amides is 1. The van der Waals surface area contributed by atoms with Crippen molar-refractivity contribution in [3.8, 4) is 0 Å². The molecule has 3 nitrogen and oxygen atoms in total. The highest BCUT2D eigenvalue weighted by molar-refractivity contribution is 5.95. The van der Waals surface area contributed by atoms with Crippen LogP contribution in [0.1, 0.15) is 15.9 Å². The van der Waals surface area contributed by atoms with Crippen molar-refractivity contribution in [3.05, 3.63) is 65.2 Å². The summed E-state index contributed by atoms with van der Waals surface area (Å²) in [4.78, 5) is 16.1. The van der Waals surface area contributed by atoms with E-state index in [0.29, 0.717) is 26.2 Å². The molecule has 1 amide bonds. The average Bonchev–Trinajstić information content (AvgIpc) is 2.55. The first-order chi connectivity index (χ1) is 11.1. The van der Waals surface area contributed by atoms with E-state index in [9.17, 15) is 13.6 Å². The van der Waals surface area contributed by atoms with Crippen molar-refractivity contribution < 1.29 is 13.6 Å². The molecule has 2 aromatic carbocycles. The topological polar surface area (TPSA) is 23.6 Å². The minimum absolute atomic E-state index is 0.445. The van der Waals surface area contributed by atoms with Crippen molar-refractivity contribution in [2.24, 2.45) is 0 Å². The van der Waals surface area contributed by atoms with Crippen LogP contribution in [-0.4, -0.2) is 37.0 Å². The molecule has 0 unspecified atom stereocenters. The molecule has 23 heavy (non-hydrogen) atoms. The number of rotatable bonds is 2. The highest BCUT2D eigenvalue weighted by Crippen LogP contribution is 2.22. The standard InChI is InChI=1S/C18H18F2N2O/c1-13-5-2-3-8-16(13)21-9-11-22(12-10-21)18(23)17-14(19)6-4-7-15(17)20/h2-8H,9-12H2,1H3. The third-order valence-electron chi connectivity index (χ3n) is 4.20. The van der Waals surface area contributed by atoms with Crippen molar-refractivity contribution in [1.29, 1.82) is 0 Å². The van der Waals surface area contributed by atoms with Gasteiger partial charge in [0.2, 0.25) is 0 Å². The second kappa shape index (κ2) is 6.36. The predicted octanol–water partition coefficient (Wildman–Crippen LogP) is 3.24. The summed E-state index contributed by atoms with van der Waals surface area (Å²) in [7, 11) is 0. The van der Waals surface area contributed by atoms with Crippen LogP contribution in [-0.2, 0) is 0 Å². The molecule has 0 aliphatic carbocycles. The molecule has 0 saturated carbocycles. The van der Waals surface area contributed by atoms with E-state index in [1.165, 1.54) is 16.5 Å². The summed E-state index contributed by atoms with van der Waals surface area (Å²) < 4.78 is 27.5. The van der Waals surface area contributed by atoms with Crippen molar-refractivity contribution in [2.75, 3.05) is 31.1 Å². The number of benzene rings is 2. The summed E-state index contributed by atoms with van der Waals surface area (Å²) >= 11 is 0. The van der Waals surface area contributed by atoms with Crippen molar-refractivity contribution in [2.45, 2.75) is 6.92 Å². The van der Waals surface area contributed by atoms with Gasteiger partial charge >= 0.3 is 0 Å². The molecule has 2 aromatic rings. The number of nitrogens with zero attached hydrogens (tertiary/aromatic N) is 2. The van der Waals surface area contributed by atoms with Gasteiger partial charge in [-0.15, -0.1) is 0 Å². The number of hydrogen-bond donors (Lipinski definition) is 0. The Morgan fingerprint density at radius 2 is 1.52 bits per heavy atom. The predicted molar refractivity (Wildman–Crippen MR) is 85.7 cm³/mol. The molecule has 3 rings (SSSR count). The van der Waals surface area contributed by atoms with Gasteiger partial charge in [0, 0.05) is 31.9 Å². The van der Waals surface area contributed by atoms with Crippen LogP contribution in [0.3, 0.4) is 0 Å². The van der Waals surface area contributed by atoms with Crippen LogP contribution in [0.4, 0.5) is 14.5 Å². The molecular weight excluding hydrogens is 298 g/mol.